The van der Waals surface area contributed by atoms with Crippen LogP contribution in [0.25, 0.3) is 11.1 Å². The summed E-state index contributed by atoms with van der Waals surface area (Å²) < 4.78 is 5.07. The maximum absolute atomic E-state index is 12.3. The molecule has 0 radical (unpaired) electrons. The average Bonchev–Trinajstić information content (AvgIpc) is 2.97. The van der Waals surface area contributed by atoms with Crippen LogP contribution in [0.5, 0.6) is 0 Å². The van der Waals surface area contributed by atoms with Crippen molar-refractivity contribution in [3.8, 4) is 11.1 Å². The molecule has 1 aromatic carbocycles. The van der Waals surface area contributed by atoms with E-state index in [1.54, 1.807) is 6.92 Å². The number of amides is 1. The van der Waals surface area contributed by atoms with Gasteiger partial charge in [0, 0.05) is 5.69 Å². The highest BCUT2D eigenvalue weighted by molar-refractivity contribution is 6.03. The molecule has 2 heterocycles. The van der Waals surface area contributed by atoms with Gasteiger partial charge in [0.25, 0.3) is 5.91 Å². The lowest BCUT2D eigenvalue weighted by Gasteiger charge is -2.12. The van der Waals surface area contributed by atoms with Crippen molar-refractivity contribution in [2.45, 2.75) is 20.8 Å². The van der Waals surface area contributed by atoms with Crippen LogP contribution in [0.2, 0.25) is 0 Å². The largest absolute Gasteiger partial charge is 0.448 e. The molecule has 0 fully saturated rings. The second-order valence-corrected chi connectivity index (χ2v) is 5.34. The Labute approximate surface area is 134 Å². The van der Waals surface area contributed by atoms with Crippen molar-refractivity contribution in [1.29, 1.82) is 0 Å². The van der Waals surface area contributed by atoms with Crippen molar-refractivity contribution in [3.05, 3.63) is 65.5 Å². The van der Waals surface area contributed by atoms with Gasteiger partial charge in [0.05, 0.1) is 0 Å². The summed E-state index contributed by atoms with van der Waals surface area (Å²) >= 11 is 0. The van der Waals surface area contributed by atoms with Crippen molar-refractivity contribution in [3.63, 3.8) is 0 Å². The smallest absolute Gasteiger partial charge is 0.279 e. The molecule has 0 aliphatic rings. The average molecular weight is 307 g/mol. The Morgan fingerprint density at radius 1 is 1.13 bits per heavy atom. The van der Waals surface area contributed by atoms with Gasteiger partial charge in [-0.2, -0.15) is 0 Å². The van der Waals surface area contributed by atoms with E-state index in [4.69, 9.17) is 4.42 Å². The number of benzene rings is 1. The number of nitrogens with one attached hydrogen (secondary N) is 1. The number of pyridine rings is 1. The molecule has 0 saturated carbocycles. The van der Waals surface area contributed by atoms with Crippen LogP contribution in [0.3, 0.4) is 0 Å². The van der Waals surface area contributed by atoms with Crippen molar-refractivity contribution >= 4 is 11.7 Å². The van der Waals surface area contributed by atoms with Crippen LogP contribution >= 0.6 is 0 Å². The molecule has 0 saturated heterocycles. The lowest BCUT2D eigenvalue weighted by molar-refractivity contribution is 0.102. The summed E-state index contributed by atoms with van der Waals surface area (Å²) in [5.41, 5.74) is 4.37. The molecule has 3 rings (SSSR count). The van der Waals surface area contributed by atoms with Gasteiger partial charge in [0.2, 0.25) is 0 Å². The molecule has 0 aliphatic carbocycles. The summed E-state index contributed by atoms with van der Waals surface area (Å²) in [6, 6.07) is 11.9. The standard InChI is InChI=1S/C18H17N3O2/c1-11-12(2)20-16(9-15(11)14-7-5-4-6-8-14)21-18(22)17-13(3)23-10-19-17/h4-10H,1-3H3,(H,20,21,22). The summed E-state index contributed by atoms with van der Waals surface area (Å²) in [4.78, 5) is 20.6. The van der Waals surface area contributed by atoms with E-state index in [1.807, 2.05) is 50.2 Å². The van der Waals surface area contributed by atoms with E-state index in [9.17, 15) is 4.79 Å². The summed E-state index contributed by atoms with van der Waals surface area (Å²) in [7, 11) is 0. The predicted octanol–water partition coefficient (Wildman–Crippen LogP) is 3.91. The SMILES string of the molecule is Cc1nc(NC(=O)c2ncoc2C)cc(-c2ccccc2)c1C. The fraction of sp³-hybridized carbons (Fsp3) is 0.167. The molecule has 5 heteroatoms. The van der Waals surface area contributed by atoms with E-state index in [1.165, 1.54) is 6.39 Å². The molecule has 0 unspecified atom stereocenters. The van der Waals surface area contributed by atoms with Crippen molar-refractivity contribution in [1.82, 2.24) is 9.97 Å². The molecule has 0 spiro atoms. The van der Waals surface area contributed by atoms with Gasteiger partial charge in [0.1, 0.15) is 11.6 Å². The Kier molecular flexibility index (Phi) is 3.93. The molecular weight excluding hydrogens is 290 g/mol. The lowest BCUT2D eigenvalue weighted by Crippen LogP contribution is -2.15. The summed E-state index contributed by atoms with van der Waals surface area (Å²) in [5.74, 6) is 0.653. The number of aromatic nitrogens is 2. The van der Waals surface area contributed by atoms with E-state index in [0.717, 1.165) is 22.4 Å². The molecule has 5 nitrogen and oxygen atoms in total. The molecule has 2 aromatic heterocycles. The topological polar surface area (TPSA) is 68.0 Å². The minimum Gasteiger partial charge on any atom is -0.448 e. The second kappa shape index (κ2) is 6.04. The third-order valence-electron chi connectivity index (χ3n) is 3.80. The predicted molar refractivity (Wildman–Crippen MR) is 88.3 cm³/mol. The first-order valence-electron chi connectivity index (χ1n) is 7.31. The van der Waals surface area contributed by atoms with Crippen molar-refractivity contribution in [2.75, 3.05) is 5.32 Å². The molecule has 1 amide bonds. The zero-order chi connectivity index (χ0) is 16.4. The highest BCUT2D eigenvalue weighted by atomic mass is 16.3. The minimum atomic E-state index is -0.328. The number of hydrogen-bond donors (Lipinski definition) is 1. The van der Waals surface area contributed by atoms with E-state index in [0.29, 0.717) is 11.6 Å². The number of anilines is 1. The maximum Gasteiger partial charge on any atom is 0.279 e. The fourth-order valence-electron chi connectivity index (χ4n) is 2.42. The zero-order valence-electron chi connectivity index (χ0n) is 13.3. The van der Waals surface area contributed by atoms with Gasteiger partial charge in [0.15, 0.2) is 12.1 Å². The minimum absolute atomic E-state index is 0.270. The van der Waals surface area contributed by atoms with Gasteiger partial charge in [-0.1, -0.05) is 30.3 Å². The van der Waals surface area contributed by atoms with Crippen LogP contribution in [-0.2, 0) is 0 Å². The molecule has 3 aromatic rings. The van der Waals surface area contributed by atoms with Gasteiger partial charge in [-0.25, -0.2) is 9.97 Å². The summed E-state index contributed by atoms with van der Waals surface area (Å²) in [6.45, 7) is 5.65. The quantitative estimate of drug-likeness (QED) is 0.796. The monoisotopic (exact) mass is 307 g/mol. The number of nitrogens with zero attached hydrogens (tertiary/aromatic N) is 2. The molecule has 0 atom stereocenters. The highest BCUT2D eigenvalue weighted by Crippen LogP contribution is 2.27. The van der Waals surface area contributed by atoms with Gasteiger partial charge in [-0.3, -0.25) is 4.79 Å². The van der Waals surface area contributed by atoms with E-state index < -0.39 is 0 Å². The Morgan fingerprint density at radius 2 is 1.87 bits per heavy atom. The fourth-order valence-corrected chi connectivity index (χ4v) is 2.42. The lowest BCUT2D eigenvalue weighted by atomic mass is 10.0. The first-order valence-corrected chi connectivity index (χ1v) is 7.31. The molecular formula is C18H17N3O2. The zero-order valence-corrected chi connectivity index (χ0v) is 13.3. The molecule has 0 aliphatic heterocycles. The van der Waals surface area contributed by atoms with Crippen LogP contribution in [0.4, 0.5) is 5.82 Å². The Morgan fingerprint density at radius 3 is 2.52 bits per heavy atom. The van der Waals surface area contributed by atoms with Gasteiger partial charge < -0.3 is 9.73 Å². The van der Waals surface area contributed by atoms with E-state index in [-0.39, 0.29) is 11.6 Å². The molecule has 1 N–H and O–H groups in total. The number of aryl methyl sites for hydroxylation is 2. The number of oxazole rings is 1. The maximum atomic E-state index is 12.3. The Hall–Kier alpha value is -2.95. The number of carbonyl (C=O) groups is 1. The first kappa shape index (κ1) is 15.0. The normalized spacial score (nSPS) is 10.6. The third kappa shape index (κ3) is 2.99. The van der Waals surface area contributed by atoms with E-state index >= 15 is 0 Å². The second-order valence-electron chi connectivity index (χ2n) is 5.34. The number of carbonyl (C=O) groups excluding carboxylic acids is 1. The van der Waals surface area contributed by atoms with Gasteiger partial charge >= 0.3 is 0 Å². The van der Waals surface area contributed by atoms with Gasteiger partial charge in [-0.05, 0) is 43.5 Å². The molecule has 23 heavy (non-hydrogen) atoms. The van der Waals surface area contributed by atoms with E-state index in [2.05, 4.69) is 15.3 Å². The van der Waals surface area contributed by atoms with Crippen LogP contribution in [0.15, 0.2) is 47.2 Å². The molecule has 0 bridgehead atoms. The first-order chi connectivity index (χ1) is 11.1. The Bertz CT molecular complexity index is 854. The van der Waals surface area contributed by atoms with Crippen LogP contribution < -0.4 is 5.32 Å². The Balaban J connectivity index is 1.97. The summed E-state index contributed by atoms with van der Waals surface area (Å²) in [5, 5.41) is 2.79. The number of hydrogen-bond acceptors (Lipinski definition) is 4. The number of rotatable bonds is 3. The summed E-state index contributed by atoms with van der Waals surface area (Å²) in [6.07, 6.45) is 1.26. The van der Waals surface area contributed by atoms with Gasteiger partial charge in [-0.15, -0.1) is 0 Å². The third-order valence-corrected chi connectivity index (χ3v) is 3.80. The van der Waals surface area contributed by atoms with Crippen LogP contribution in [-0.4, -0.2) is 15.9 Å². The van der Waals surface area contributed by atoms with Crippen LogP contribution in [0, 0.1) is 20.8 Å². The van der Waals surface area contributed by atoms with Crippen molar-refractivity contribution in [2.24, 2.45) is 0 Å². The highest BCUT2D eigenvalue weighted by Gasteiger charge is 2.15. The molecule has 116 valence electrons. The van der Waals surface area contributed by atoms with Crippen LogP contribution in [0.1, 0.15) is 27.5 Å². The van der Waals surface area contributed by atoms with Crippen molar-refractivity contribution < 1.29 is 9.21 Å².